The van der Waals surface area contributed by atoms with Crippen LogP contribution in [-0.4, -0.2) is 48.7 Å². The van der Waals surface area contributed by atoms with Gasteiger partial charge in [-0.3, -0.25) is 4.79 Å². The number of nitrogens with zero attached hydrogens (tertiary/aromatic N) is 1. The highest BCUT2D eigenvalue weighted by Gasteiger charge is 2.64. The number of rotatable bonds is 2. The number of morpholine rings is 1. The van der Waals surface area contributed by atoms with Crippen molar-refractivity contribution in [2.24, 2.45) is 29.6 Å². The normalized spacial score (nSPS) is 49.1. The summed E-state index contributed by atoms with van der Waals surface area (Å²) in [4.78, 5) is 38.7. The second-order valence-corrected chi connectivity index (χ2v) is 10.4. The summed E-state index contributed by atoms with van der Waals surface area (Å²) in [7, 11) is 0. The Hall–Kier alpha value is -0.730. The molecular formula is C22H33NO6. The third-order valence-corrected chi connectivity index (χ3v) is 8.62. The number of ether oxygens (including phenoxy) is 1. The highest BCUT2D eigenvalue weighted by molar-refractivity contribution is 5.76. The second kappa shape index (κ2) is 7.16. The molecule has 7 rings (SSSR count). The zero-order chi connectivity index (χ0) is 19.5. The van der Waals surface area contributed by atoms with E-state index in [1.807, 2.05) is 4.90 Å². The molecule has 29 heavy (non-hydrogen) atoms. The van der Waals surface area contributed by atoms with E-state index >= 15 is 0 Å². The van der Waals surface area contributed by atoms with Crippen LogP contribution in [0.25, 0.3) is 0 Å². The third-order valence-electron chi connectivity index (χ3n) is 8.62. The molecule has 2 heterocycles. The van der Waals surface area contributed by atoms with Crippen molar-refractivity contribution in [3.63, 3.8) is 0 Å². The zero-order valence-corrected chi connectivity index (χ0v) is 17.2. The van der Waals surface area contributed by atoms with E-state index in [0.717, 1.165) is 37.8 Å². The maximum atomic E-state index is 12.5. The summed E-state index contributed by atoms with van der Waals surface area (Å²) in [6, 6.07) is 0. The van der Waals surface area contributed by atoms with Crippen LogP contribution >= 0.6 is 0 Å². The van der Waals surface area contributed by atoms with Crippen molar-refractivity contribution in [2.45, 2.75) is 75.8 Å². The van der Waals surface area contributed by atoms with Crippen molar-refractivity contribution in [3.05, 3.63) is 0 Å². The molecule has 2 saturated heterocycles. The van der Waals surface area contributed by atoms with Gasteiger partial charge in [-0.15, -0.1) is 0 Å². The molecule has 0 aromatic rings. The van der Waals surface area contributed by atoms with Crippen molar-refractivity contribution in [2.75, 3.05) is 26.3 Å². The molecule has 7 fully saturated rings. The minimum Gasteiger partial charge on any atom is -0.378 e. The molecule has 7 aliphatic rings. The van der Waals surface area contributed by atoms with Crippen LogP contribution in [0.2, 0.25) is 0 Å². The van der Waals surface area contributed by atoms with E-state index in [2.05, 4.69) is 0 Å². The summed E-state index contributed by atoms with van der Waals surface area (Å²) in [6.45, 7) is 2.74. The molecular weight excluding hydrogens is 374 g/mol. The molecule has 5 aliphatic carbocycles. The largest absolute Gasteiger partial charge is 0.378 e. The van der Waals surface area contributed by atoms with Crippen LogP contribution in [0.15, 0.2) is 0 Å². The minimum atomic E-state index is -0.793. The van der Waals surface area contributed by atoms with E-state index in [4.69, 9.17) is 24.3 Å². The number of amides is 1. The molecule has 2 aliphatic heterocycles. The van der Waals surface area contributed by atoms with Gasteiger partial charge in [-0.1, -0.05) is 0 Å². The van der Waals surface area contributed by atoms with Crippen LogP contribution < -0.4 is 0 Å². The topological polar surface area (TPSA) is 66.5 Å². The highest BCUT2D eigenvalue weighted by atomic mass is 17.4. The molecule has 1 amide bonds. The smallest absolute Gasteiger partial charge is 0.239 e. The number of carbonyl (C=O) groups excluding carboxylic acids is 1. The standard InChI is InChI=1S/C22H33NO6/c24-20(23-5-7-25-8-6-23)14-15-1-3-21(4-2-15)26-28-22(29-27-21)18-10-16-9-17(12-18)13-19(22)11-16/h15-19H,1-14H2. The first-order valence-electron chi connectivity index (χ1n) is 11.7. The number of carbonyl (C=O) groups is 1. The van der Waals surface area contributed by atoms with Gasteiger partial charge in [0.05, 0.1) is 13.2 Å². The van der Waals surface area contributed by atoms with Gasteiger partial charge in [0.2, 0.25) is 17.5 Å². The Kier molecular flexibility index (Phi) is 4.69. The van der Waals surface area contributed by atoms with Crippen LogP contribution in [0, 0.1) is 29.6 Å². The predicted molar refractivity (Wildman–Crippen MR) is 101 cm³/mol. The van der Waals surface area contributed by atoms with Crippen LogP contribution in [-0.2, 0) is 29.1 Å². The summed E-state index contributed by atoms with van der Waals surface area (Å²) < 4.78 is 5.34. The molecule has 0 radical (unpaired) electrons. The van der Waals surface area contributed by atoms with Gasteiger partial charge < -0.3 is 9.64 Å². The average molecular weight is 408 g/mol. The van der Waals surface area contributed by atoms with Crippen LogP contribution in [0.5, 0.6) is 0 Å². The summed E-state index contributed by atoms with van der Waals surface area (Å²) in [5.41, 5.74) is 0. The molecule has 0 unspecified atom stereocenters. The van der Waals surface area contributed by atoms with Gasteiger partial charge >= 0.3 is 0 Å². The summed E-state index contributed by atoms with van der Waals surface area (Å²) in [6.07, 6.45) is 9.93. The van der Waals surface area contributed by atoms with Crippen molar-refractivity contribution in [1.82, 2.24) is 4.90 Å². The van der Waals surface area contributed by atoms with Crippen molar-refractivity contribution >= 4 is 5.91 Å². The van der Waals surface area contributed by atoms with Crippen LogP contribution in [0.3, 0.4) is 0 Å². The molecule has 2 spiro atoms. The Morgan fingerprint density at radius 1 is 0.828 bits per heavy atom. The Balaban J connectivity index is 1.03. The lowest BCUT2D eigenvalue weighted by atomic mass is 9.53. The zero-order valence-electron chi connectivity index (χ0n) is 17.2. The number of hydrogen-bond acceptors (Lipinski definition) is 6. The fourth-order valence-electron chi connectivity index (χ4n) is 7.10. The van der Waals surface area contributed by atoms with Gasteiger partial charge in [0, 0.05) is 44.2 Å². The Labute approximate surface area is 172 Å². The lowest BCUT2D eigenvalue weighted by molar-refractivity contribution is -0.680. The monoisotopic (exact) mass is 407 g/mol. The van der Waals surface area contributed by atoms with Gasteiger partial charge in [0.25, 0.3) is 0 Å². The van der Waals surface area contributed by atoms with Crippen molar-refractivity contribution in [1.29, 1.82) is 0 Å². The number of hydrogen-bond donors (Lipinski definition) is 0. The summed E-state index contributed by atoms with van der Waals surface area (Å²) in [5.74, 6) is 1.63. The first-order chi connectivity index (χ1) is 14.1. The van der Waals surface area contributed by atoms with E-state index in [9.17, 15) is 4.79 Å². The highest BCUT2D eigenvalue weighted by Crippen LogP contribution is 2.61. The maximum absolute atomic E-state index is 12.5. The maximum Gasteiger partial charge on any atom is 0.239 e. The first-order valence-corrected chi connectivity index (χ1v) is 11.7. The average Bonchev–Trinajstić information content (AvgIpc) is 2.75. The lowest BCUT2D eigenvalue weighted by Crippen LogP contribution is -2.64. The van der Waals surface area contributed by atoms with Crippen LogP contribution in [0.4, 0.5) is 0 Å². The van der Waals surface area contributed by atoms with Crippen molar-refractivity contribution in [3.8, 4) is 0 Å². The fourth-order valence-corrected chi connectivity index (χ4v) is 7.10. The molecule has 0 N–H and O–H groups in total. The summed E-state index contributed by atoms with van der Waals surface area (Å²) in [5, 5.41) is 0. The van der Waals surface area contributed by atoms with Gasteiger partial charge in [0.1, 0.15) is 0 Å². The second-order valence-electron chi connectivity index (χ2n) is 10.4. The van der Waals surface area contributed by atoms with E-state index in [-0.39, 0.29) is 5.91 Å². The molecule has 162 valence electrons. The molecule has 7 nitrogen and oxygen atoms in total. The van der Waals surface area contributed by atoms with E-state index in [0.29, 0.717) is 50.2 Å². The van der Waals surface area contributed by atoms with E-state index < -0.39 is 11.6 Å². The SMILES string of the molecule is O=C(CC1CCC2(CC1)OOC1(OO2)C2CC3CC(C2)CC1C3)N1CCOCC1. The first kappa shape index (κ1) is 19.0. The van der Waals surface area contributed by atoms with E-state index in [1.54, 1.807) is 0 Å². The Bertz CT molecular complexity index is 599. The Morgan fingerprint density at radius 2 is 1.41 bits per heavy atom. The Morgan fingerprint density at radius 3 is 2.00 bits per heavy atom. The van der Waals surface area contributed by atoms with Gasteiger partial charge in [0.15, 0.2) is 0 Å². The molecule has 5 saturated carbocycles. The van der Waals surface area contributed by atoms with Gasteiger partial charge in [-0.25, -0.2) is 0 Å². The third kappa shape index (κ3) is 3.24. The minimum absolute atomic E-state index is 0.250. The van der Waals surface area contributed by atoms with E-state index in [1.165, 1.54) is 32.1 Å². The van der Waals surface area contributed by atoms with Crippen molar-refractivity contribution < 1.29 is 29.1 Å². The molecule has 4 bridgehead atoms. The van der Waals surface area contributed by atoms with Gasteiger partial charge in [-0.05, 0) is 62.7 Å². The predicted octanol–water partition coefficient (Wildman–Crippen LogP) is 3.18. The molecule has 0 aromatic heterocycles. The van der Waals surface area contributed by atoms with Crippen LogP contribution in [0.1, 0.15) is 64.2 Å². The summed E-state index contributed by atoms with van der Waals surface area (Å²) >= 11 is 0. The van der Waals surface area contributed by atoms with Gasteiger partial charge in [-0.2, -0.15) is 19.6 Å². The fraction of sp³-hybridized carbons (Fsp3) is 0.955. The molecule has 0 aromatic carbocycles. The molecule has 7 heteroatoms. The quantitative estimate of drug-likeness (QED) is 0.655. The lowest BCUT2D eigenvalue weighted by Gasteiger charge is -2.60. The molecule has 0 atom stereocenters.